The molecule has 0 bridgehead atoms. The van der Waals surface area contributed by atoms with Gasteiger partial charge < -0.3 is 14.2 Å². The molecule has 0 heterocycles. The normalized spacial score (nSPS) is 10.4. The highest BCUT2D eigenvalue weighted by Crippen LogP contribution is 2.29. The van der Waals surface area contributed by atoms with Gasteiger partial charge in [-0.25, -0.2) is 0 Å². The summed E-state index contributed by atoms with van der Waals surface area (Å²) in [5.74, 6) is 2.32. The predicted molar refractivity (Wildman–Crippen MR) is 102 cm³/mol. The van der Waals surface area contributed by atoms with Gasteiger partial charge in [0, 0.05) is 5.39 Å². The summed E-state index contributed by atoms with van der Waals surface area (Å²) in [5.41, 5.74) is 1.14. The highest BCUT2D eigenvalue weighted by molar-refractivity contribution is 5.88. The van der Waals surface area contributed by atoms with E-state index in [9.17, 15) is 0 Å². The topological polar surface area (TPSA) is 27.7 Å². The van der Waals surface area contributed by atoms with Gasteiger partial charge in [-0.3, -0.25) is 0 Å². The van der Waals surface area contributed by atoms with Crippen LogP contribution in [0.5, 0.6) is 17.2 Å². The van der Waals surface area contributed by atoms with Crippen LogP contribution in [0, 0.1) is 0 Å². The molecule has 0 radical (unpaired) electrons. The Hall–Kier alpha value is -2.94. The number of rotatable bonds is 8. The molecule has 0 aromatic heterocycles. The summed E-state index contributed by atoms with van der Waals surface area (Å²) in [6.45, 7) is 4.67. The number of allylic oxidation sites excluding steroid dienone is 1. The van der Waals surface area contributed by atoms with E-state index in [1.54, 1.807) is 7.11 Å². The second-order valence-corrected chi connectivity index (χ2v) is 5.65. The molecule has 25 heavy (non-hydrogen) atoms. The second kappa shape index (κ2) is 8.25. The molecule has 0 aliphatic carbocycles. The molecule has 0 aliphatic rings. The van der Waals surface area contributed by atoms with Gasteiger partial charge in [-0.05, 0) is 35.6 Å². The van der Waals surface area contributed by atoms with E-state index in [4.69, 9.17) is 14.2 Å². The lowest BCUT2D eigenvalue weighted by atomic mass is 10.1. The minimum atomic E-state index is 0.445. The number of hydrogen-bond acceptors (Lipinski definition) is 3. The summed E-state index contributed by atoms with van der Waals surface area (Å²) < 4.78 is 17.1. The molecule has 0 atom stereocenters. The molecule has 0 saturated heterocycles. The lowest BCUT2D eigenvalue weighted by Gasteiger charge is -2.13. The van der Waals surface area contributed by atoms with Gasteiger partial charge >= 0.3 is 0 Å². The van der Waals surface area contributed by atoms with Gasteiger partial charge in [0.1, 0.15) is 19.0 Å². The van der Waals surface area contributed by atoms with Crippen molar-refractivity contribution in [2.75, 3.05) is 20.3 Å². The summed E-state index contributed by atoms with van der Waals surface area (Å²) >= 11 is 0. The number of fused-ring (bicyclic) bond motifs is 1. The van der Waals surface area contributed by atoms with E-state index < -0.39 is 0 Å². The molecule has 3 aromatic rings. The van der Waals surface area contributed by atoms with Crippen LogP contribution in [0.3, 0.4) is 0 Å². The van der Waals surface area contributed by atoms with Crippen LogP contribution >= 0.6 is 0 Å². The molecule has 3 heteroatoms. The minimum absolute atomic E-state index is 0.445. The zero-order chi connectivity index (χ0) is 17.5. The Kier molecular flexibility index (Phi) is 5.57. The van der Waals surface area contributed by atoms with Crippen LogP contribution in [0.1, 0.15) is 5.56 Å². The smallest absolute Gasteiger partial charge is 0.161 e. The van der Waals surface area contributed by atoms with Crippen LogP contribution in [-0.4, -0.2) is 20.3 Å². The van der Waals surface area contributed by atoms with Gasteiger partial charge in [-0.15, -0.1) is 6.58 Å². The van der Waals surface area contributed by atoms with Gasteiger partial charge in [-0.1, -0.05) is 48.5 Å². The predicted octanol–water partition coefficient (Wildman–Crippen LogP) is 5.03. The molecule has 3 nitrogen and oxygen atoms in total. The average molecular weight is 334 g/mol. The number of methoxy groups -OCH3 is 1. The van der Waals surface area contributed by atoms with E-state index in [1.807, 2.05) is 48.5 Å². The van der Waals surface area contributed by atoms with Gasteiger partial charge in [0.25, 0.3) is 0 Å². The highest BCUT2D eigenvalue weighted by Gasteiger charge is 2.06. The van der Waals surface area contributed by atoms with Crippen LogP contribution in [-0.2, 0) is 6.42 Å². The van der Waals surface area contributed by atoms with Crippen LogP contribution in [0.2, 0.25) is 0 Å². The third kappa shape index (κ3) is 4.13. The van der Waals surface area contributed by atoms with E-state index in [0.717, 1.165) is 34.6 Å². The van der Waals surface area contributed by atoms with Crippen LogP contribution < -0.4 is 14.2 Å². The van der Waals surface area contributed by atoms with E-state index in [1.165, 1.54) is 5.39 Å². The molecule has 0 unspecified atom stereocenters. The fourth-order valence-electron chi connectivity index (χ4n) is 2.75. The first-order chi connectivity index (χ1) is 12.3. The monoisotopic (exact) mass is 334 g/mol. The third-order valence-electron chi connectivity index (χ3n) is 3.96. The largest absolute Gasteiger partial charge is 0.493 e. The third-order valence-corrected chi connectivity index (χ3v) is 3.96. The molecule has 0 amide bonds. The number of ether oxygens (including phenoxy) is 3. The van der Waals surface area contributed by atoms with E-state index in [0.29, 0.717) is 13.2 Å². The summed E-state index contributed by atoms with van der Waals surface area (Å²) in [7, 11) is 1.65. The summed E-state index contributed by atoms with van der Waals surface area (Å²) in [6, 6.07) is 20.2. The molecule has 0 fully saturated rings. The fourth-order valence-corrected chi connectivity index (χ4v) is 2.75. The Morgan fingerprint density at radius 1 is 0.840 bits per heavy atom. The van der Waals surface area contributed by atoms with Gasteiger partial charge in [0.15, 0.2) is 11.5 Å². The maximum atomic E-state index is 5.90. The Balaban J connectivity index is 1.60. The van der Waals surface area contributed by atoms with E-state index >= 15 is 0 Å². The maximum absolute atomic E-state index is 5.90. The van der Waals surface area contributed by atoms with E-state index in [-0.39, 0.29) is 0 Å². The maximum Gasteiger partial charge on any atom is 0.161 e. The minimum Gasteiger partial charge on any atom is -0.493 e. The van der Waals surface area contributed by atoms with Crippen molar-refractivity contribution in [2.45, 2.75) is 6.42 Å². The SMILES string of the molecule is C=CCc1ccc(OCCOc2cccc3ccccc23)c(OC)c1. The molecular weight excluding hydrogens is 312 g/mol. The molecule has 128 valence electrons. The van der Waals surface area contributed by atoms with Crippen molar-refractivity contribution in [3.05, 3.63) is 78.9 Å². The Labute approximate surface area is 148 Å². The standard InChI is InChI=1S/C22H22O3/c1-3-7-17-12-13-21(22(16-17)23-2)25-15-14-24-20-11-6-9-18-8-4-5-10-19(18)20/h3-6,8-13,16H,1,7,14-15H2,2H3. The quantitative estimate of drug-likeness (QED) is 0.427. The highest BCUT2D eigenvalue weighted by atomic mass is 16.5. The average Bonchev–Trinajstić information content (AvgIpc) is 2.66. The van der Waals surface area contributed by atoms with Crippen molar-refractivity contribution in [1.82, 2.24) is 0 Å². The second-order valence-electron chi connectivity index (χ2n) is 5.65. The zero-order valence-electron chi connectivity index (χ0n) is 14.4. The Morgan fingerprint density at radius 2 is 1.60 bits per heavy atom. The van der Waals surface area contributed by atoms with Crippen LogP contribution in [0.4, 0.5) is 0 Å². The number of hydrogen-bond donors (Lipinski definition) is 0. The van der Waals surface area contributed by atoms with Crippen molar-refractivity contribution in [1.29, 1.82) is 0 Å². The van der Waals surface area contributed by atoms with Gasteiger partial charge in [0.2, 0.25) is 0 Å². The first kappa shape index (κ1) is 16.9. The molecule has 0 spiro atoms. The first-order valence-corrected chi connectivity index (χ1v) is 8.33. The Morgan fingerprint density at radius 3 is 2.40 bits per heavy atom. The lowest BCUT2D eigenvalue weighted by Crippen LogP contribution is -2.09. The first-order valence-electron chi connectivity index (χ1n) is 8.33. The van der Waals surface area contributed by atoms with Crippen LogP contribution in [0.25, 0.3) is 10.8 Å². The van der Waals surface area contributed by atoms with Crippen LogP contribution in [0.15, 0.2) is 73.3 Å². The van der Waals surface area contributed by atoms with Gasteiger partial charge in [0.05, 0.1) is 7.11 Å². The van der Waals surface area contributed by atoms with E-state index in [2.05, 4.69) is 24.8 Å². The lowest BCUT2D eigenvalue weighted by molar-refractivity contribution is 0.212. The number of benzene rings is 3. The summed E-state index contributed by atoms with van der Waals surface area (Å²) in [6.07, 6.45) is 2.67. The van der Waals surface area contributed by atoms with Crippen molar-refractivity contribution in [2.24, 2.45) is 0 Å². The molecule has 0 aliphatic heterocycles. The fraction of sp³-hybridized carbons (Fsp3) is 0.182. The summed E-state index contributed by atoms with van der Waals surface area (Å²) in [4.78, 5) is 0. The van der Waals surface area contributed by atoms with Crippen molar-refractivity contribution < 1.29 is 14.2 Å². The molecular formula is C22H22O3. The van der Waals surface area contributed by atoms with Gasteiger partial charge in [-0.2, -0.15) is 0 Å². The van der Waals surface area contributed by atoms with Crippen molar-refractivity contribution in [3.63, 3.8) is 0 Å². The van der Waals surface area contributed by atoms with Crippen molar-refractivity contribution in [3.8, 4) is 17.2 Å². The molecule has 0 saturated carbocycles. The molecule has 3 rings (SSSR count). The Bertz CT molecular complexity index is 850. The zero-order valence-corrected chi connectivity index (χ0v) is 14.4. The summed E-state index contributed by atoms with van der Waals surface area (Å²) in [5, 5.41) is 2.27. The van der Waals surface area contributed by atoms with Crippen molar-refractivity contribution >= 4 is 10.8 Å². The molecule has 0 N–H and O–H groups in total. The molecule has 3 aromatic carbocycles.